The van der Waals surface area contributed by atoms with Gasteiger partial charge in [-0.25, -0.2) is 8.42 Å². The summed E-state index contributed by atoms with van der Waals surface area (Å²) in [5.74, 6) is 1.32. The number of nitrogens with one attached hydrogen (secondary N) is 2. The van der Waals surface area contributed by atoms with Gasteiger partial charge in [-0.1, -0.05) is 30.3 Å². The number of hydrogen-bond donors (Lipinski definition) is 2. The van der Waals surface area contributed by atoms with E-state index in [1.807, 2.05) is 18.2 Å². The van der Waals surface area contributed by atoms with Crippen LogP contribution < -0.4 is 15.4 Å². The molecule has 7 heteroatoms. The average Bonchev–Trinajstić information content (AvgIpc) is 2.64. The van der Waals surface area contributed by atoms with E-state index in [0.717, 1.165) is 0 Å². The van der Waals surface area contributed by atoms with Gasteiger partial charge in [-0.15, -0.1) is 0 Å². The molecule has 0 bridgehead atoms. The molecule has 0 amide bonds. The van der Waals surface area contributed by atoms with E-state index in [0.29, 0.717) is 24.9 Å². The molecule has 2 aromatic carbocycles. The summed E-state index contributed by atoms with van der Waals surface area (Å²) in [7, 11) is -1.47. The van der Waals surface area contributed by atoms with E-state index in [1.165, 1.54) is 11.8 Å². The molecular weight excluding hydrogens is 350 g/mol. The van der Waals surface area contributed by atoms with Crippen LogP contribution in [0.25, 0.3) is 0 Å². The summed E-state index contributed by atoms with van der Waals surface area (Å²) in [5.41, 5.74) is 1.18. The number of rotatable bonds is 7. The highest BCUT2D eigenvalue weighted by Crippen LogP contribution is 2.15. The first-order valence-electron chi connectivity index (χ1n) is 8.35. The molecule has 26 heavy (non-hydrogen) atoms. The van der Waals surface area contributed by atoms with Gasteiger partial charge < -0.3 is 15.4 Å². The lowest BCUT2D eigenvalue weighted by atomic mass is 10.1. The third-order valence-electron chi connectivity index (χ3n) is 3.79. The predicted molar refractivity (Wildman–Crippen MR) is 104 cm³/mol. The highest BCUT2D eigenvalue weighted by atomic mass is 32.2. The second-order valence-electron chi connectivity index (χ2n) is 5.87. The van der Waals surface area contributed by atoms with Crippen LogP contribution in [0.3, 0.4) is 0 Å². The Morgan fingerprint density at radius 3 is 2.35 bits per heavy atom. The third-order valence-corrected chi connectivity index (χ3v) is 4.92. The van der Waals surface area contributed by atoms with E-state index in [4.69, 9.17) is 4.74 Å². The number of sulfone groups is 1. The normalized spacial score (nSPS) is 13.1. The van der Waals surface area contributed by atoms with Crippen molar-refractivity contribution in [1.82, 2.24) is 10.6 Å². The van der Waals surface area contributed by atoms with Crippen LogP contribution in [0, 0.1) is 0 Å². The molecule has 6 nitrogen and oxygen atoms in total. The smallest absolute Gasteiger partial charge is 0.191 e. The fourth-order valence-corrected chi connectivity index (χ4v) is 2.98. The SMILES string of the molecule is CN=C(NCCOc1ccc(S(C)(=O)=O)cc1)NC(C)c1ccccc1. The topological polar surface area (TPSA) is 79.8 Å². The Labute approximate surface area is 155 Å². The van der Waals surface area contributed by atoms with Crippen molar-refractivity contribution < 1.29 is 13.2 Å². The van der Waals surface area contributed by atoms with Crippen LogP contribution in [0.4, 0.5) is 0 Å². The molecule has 2 aromatic rings. The fourth-order valence-electron chi connectivity index (χ4n) is 2.35. The van der Waals surface area contributed by atoms with Crippen molar-refractivity contribution in [1.29, 1.82) is 0 Å². The van der Waals surface area contributed by atoms with E-state index >= 15 is 0 Å². The lowest BCUT2D eigenvalue weighted by Gasteiger charge is -2.18. The second kappa shape index (κ2) is 9.24. The van der Waals surface area contributed by atoms with Gasteiger partial charge in [0.1, 0.15) is 12.4 Å². The Hall–Kier alpha value is -2.54. The number of aliphatic imine (C=N–C) groups is 1. The van der Waals surface area contributed by atoms with Crippen molar-refractivity contribution in [3.63, 3.8) is 0 Å². The first-order chi connectivity index (χ1) is 12.4. The van der Waals surface area contributed by atoms with Gasteiger partial charge in [0.05, 0.1) is 17.5 Å². The monoisotopic (exact) mass is 375 g/mol. The van der Waals surface area contributed by atoms with E-state index in [9.17, 15) is 8.42 Å². The van der Waals surface area contributed by atoms with E-state index in [-0.39, 0.29) is 10.9 Å². The second-order valence-corrected chi connectivity index (χ2v) is 7.88. The van der Waals surface area contributed by atoms with E-state index < -0.39 is 9.84 Å². The molecule has 2 N–H and O–H groups in total. The van der Waals surface area contributed by atoms with Gasteiger partial charge in [-0.3, -0.25) is 4.99 Å². The largest absolute Gasteiger partial charge is 0.492 e. The minimum absolute atomic E-state index is 0.131. The van der Waals surface area contributed by atoms with Gasteiger partial charge >= 0.3 is 0 Å². The molecule has 1 atom stereocenters. The quantitative estimate of drug-likeness (QED) is 0.441. The molecule has 0 radical (unpaired) electrons. The van der Waals surface area contributed by atoms with Crippen molar-refractivity contribution >= 4 is 15.8 Å². The molecule has 0 aliphatic rings. The van der Waals surface area contributed by atoms with Crippen molar-refractivity contribution in [2.45, 2.75) is 17.9 Å². The Kier molecular flexibility index (Phi) is 7.03. The lowest BCUT2D eigenvalue weighted by molar-refractivity contribution is 0.321. The summed E-state index contributed by atoms with van der Waals surface area (Å²) in [5, 5.41) is 6.52. The molecule has 140 valence electrons. The highest BCUT2D eigenvalue weighted by Gasteiger charge is 2.08. The first-order valence-corrected chi connectivity index (χ1v) is 10.2. The maximum absolute atomic E-state index is 11.4. The zero-order valence-electron chi connectivity index (χ0n) is 15.3. The molecule has 1 unspecified atom stereocenters. The summed E-state index contributed by atoms with van der Waals surface area (Å²) in [6, 6.07) is 16.7. The molecule has 0 fully saturated rings. The Morgan fingerprint density at radius 1 is 1.12 bits per heavy atom. The Morgan fingerprint density at radius 2 is 1.77 bits per heavy atom. The minimum atomic E-state index is -3.19. The molecule has 0 spiro atoms. The molecule has 0 saturated carbocycles. The third kappa shape index (κ3) is 6.07. The molecule has 0 aliphatic heterocycles. The number of hydrogen-bond acceptors (Lipinski definition) is 4. The summed E-state index contributed by atoms with van der Waals surface area (Å²) >= 11 is 0. The summed E-state index contributed by atoms with van der Waals surface area (Å²) < 4.78 is 28.5. The fraction of sp³-hybridized carbons (Fsp3) is 0.316. The highest BCUT2D eigenvalue weighted by molar-refractivity contribution is 7.90. The number of guanidine groups is 1. The van der Waals surface area contributed by atoms with Gasteiger partial charge in [-0.2, -0.15) is 0 Å². The Balaban J connectivity index is 1.77. The zero-order valence-corrected chi connectivity index (χ0v) is 16.1. The van der Waals surface area contributed by atoms with Crippen molar-refractivity contribution in [3.05, 3.63) is 60.2 Å². The predicted octanol–water partition coefficient (Wildman–Crippen LogP) is 2.40. The van der Waals surface area contributed by atoms with Crippen LogP contribution in [0.5, 0.6) is 5.75 Å². The van der Waals surface area contributed by atoms with Gasteiger partial charge in [0.15, 0.2) is 15.8 Å². The maximum Gasteiger partial charge on any atom is 0.191 e. The maximum atomic E-state index is 11.4. The number of ether oxygens (including phenoxy) is 1. The molecule has 2 rings (SSSR count). The van der Waals surface area contributed by atoms with Crippen LogP contribution in [-0.2, 0) is 9.84 Å². The summed E-state index contributed by atoms with van der Waals surface area (Å²) in [4.78, 5) is 4.49. The molecular formula is C19H25N3O3S. The minimum Gasteiger partial charge on any atom is -0.492 e. The number of nitrogens with zero attached hydrogens (tertiary/aromatic N) is 1. The van der Waals surface area contributed by atoms with Crippen LogP contribution >= 0.6 is 0 Å². The van der Waals surface area contributed by atoms with Gasteiger partial charge in [-0.05, 0) is 36.8 Å². The van der Waals surface area contributed by atoms with Crippen LogP contribution in [0.1, 0.15) is 18.5 Å². The van der Waals surface area contributed by atoms with Crippen molar-refractivity contribution in [2.24, 2.45) is 4.99 Å². The van der Waals surface area contributed by atoms with E-state index in [1.54, 1.807) is 31.3 Å². The summed E-state index contributed by atoms with van der Waals surface area (Å²) in [6.45, 7) is 3.07. The van der Waals surface area contributed by atoms with Crippen LogP contribution in [0.2, 0.25) is 0 Å². The Bertz CT molecular complexity index is 819. The lowest BCUT2D eigenvalue weighted by Crippen LogP contribution is -2.40. The van der Waals surface area contributed by atoms with Crippen LogP contribution in [-0.4, -0.2) is 40.8 Å². The van der Waals surface area contributed by atoms with Crippen molar-refractivity contribution in [2.75, 3.05) is 26.5 Å². The van der Waals surface area contributed by atoms with Crippen LogP contribution in [0.15, 0.2) is 64.5 Å². The van der Waals surface area contributed by atoms with Gasteiger partial charge in [0.2, 0.25) is 0 Å². The molecule has 0 heterocycles. The summed E-state index contributed by atoms with van der Waals surface area (Å²) in [6.07, 6.45) is 1.18. The van der Waals surface area contributed by atoms with E-state index in [2.05, 4.69) is 34.7 Å². The van der Waals surface area contributed by atoms with Crippen molar-refractivity contribution in [3.8, 4) is 5.75 Å². The molecule has 0 aliphatic carbocycles. The standard InChI is InChI=1S/C19H25N3O3S/c1-15(16-7-5-4-6-8-16)22-19(20-2)21-13-14-25-17-9-11-18(12-10-17)26(3,23)24/h4-12,15H,13-14H2,1-3H3,(H2,20,21,22). The first kappa shape index (κ1) is 19.8. The zero-order chi connectivity index (χ0) is 19.0. The molecule has 0 aromatic heterocycles. The van der Waals surface area contributed by atoms with Gasteiger partial charge in [0.25, 0.3) is 0 Å². The number of benzene rings is 2. The van der Waals surface area contributed by atoms with Gasteiger partial charge in [0, 0.05) is 13.3 Å². The molecule has 0 saturated heterocycles. The average molecular weight is 375 g/mol.